The molecule has 0 heterocycles. The van der Waals surface area contributed by atoms with Crippen molar-refractivity contribution in [1.29, 1.82) is 0 Å². The second kappa shape index (κ2) is 4.33. The summed E-state index contributed by atoms with van der Waals surface area (Å²) in [6.07, 6.45) is 0. The lowest BCUT2D eigenvalue weighted by Crippen LogP contribution is -1.98. The first kappa shape index (κ1) is 11.3. The molecule has 0 aliphatic heterocycles. The first-order valence-corrected chi connectivity index (χ1v) is 7.15. The van der Waals surface area contributed by atoms with Crippen LogP contribution >= 0.6 is 0 Å². The summed E-state index contributed by atoms with van der Waals surface area (Å²) in [6.45, 7) is 0. The predicted octanol–water partition coefficient (Wildman–Crippen LogP) is 2.93. The number of rotatable bonds is 2. The fourth-order valence-electron chi connectivity index (χ4n) is 1.55. The van der Waals surface area contributed by atoms with Crippen molar-refractivity contribution in [3.05, 3.63) is 54.6 Å². The summed E-state index contributed by atoms with van der Waals surface area (Å²) in [4.78, 5) is 0.302. The topological polar surface area (TPSA) is 37.3 Å². The van der Waals surface area contributed by atoms with Crippen molar-refractivity contribution in [2.45, 2.75) is 4.90 Å². The van der Waals surface area contributed by atoms with E-state index in [-0.39, 0.29) is 0 Å². The van der Waals surface area contributed by atoms with E-state index in [1.165, 1.54) is 0 Å². The first-order valence-electron chi connectivity index (χ1n) is 4.71. The minimum atomic E-state index is -3.35. The monoisotopic (exact) mass is 250 g/mol. The van der Waals surface area contributed by atoms with Gasteiger partial charge in [-0.2, -0.15) is 0 Å². The molecule has 0 saturated carbocycles. The van der Waals surface area contributed by atoms with Crippen molar-refractivity contribution in [2.24, 2.45) is 0 Å². The van der Waals surface area contributed by atoms with Gasteiger partial charge in [0.25, 0.3) is 0 Å². The van der Waals surface area contributed by atoms with Crippen LogP contribution in [0.2, 0.25) is 0 Å². The molecular weight excluding hydrogens is 240 g/mol. The molecule has 0 fully saturated rings. The normalized spacial score (nSPS) is 14.3. The van der Waals surface area contributed by atoms with Crippen LogP contribution in [-0.4, -0.2) is 8.76 Å². The molecular formula is C12H10O2S2. The Hall–Kier alpha value is -1.23. The summed E-state index contributed by atoms with van der Waals surface area (Å²) < 4.78 is 21.0. The van der Waals surface area contributed by atoms with Crippen LogP contribution in [-0.2, 0) is 20.0 Å². The van der Waals surface area contributed by atoms with Crippen LogP contribution in [0.3, 0.4) is 0 Å². The van der Waals surface area contributed by atoms with Gasteiger partial charge in [-0.15, -0.1) is 0 Å². The average Bonchev–Trinajstić information content (AvgIpc) is 2.29. The highest BCUT2D eigenvalue weighted by atomic mass is 32.8. The van der Waals surface area contributed by atoms with E-state index >= 15 is 0 Å². The average molecular weight is 250 g/mol. The van der Waals surface area contributed by atoms with E-state index in [1.54, 1.807) is 18.2 Å². The maximum Gasteiger partial charge on any atom is 0.171 e. The van der Waals surface area contributed by atoms with Gasteiger partial charge in [0.15, 0.2) is 8.77 Å². The van der Waals surface area contributed by atoms with Gasteiger partial charge in [0, 0.05) is 16.8 Å². The second-order valence-corrected chi connectivity index (χ2v) is 6.08. The Balaban J connectivity index is 2.68. The van der Waals surface area contributed by atoms with E-state index in [9.17, 15) is 8.76 Å². The van der Waals surface area contributed by atoms with Crippen molar-refractivity contribution in [3.8, 4) is 11.1 Å². The molecule has 2 aromatic carbocycles. The molecule has 0 radical (unpaired) electrons. The Morgan fingerprint density at radius 1 is 0.938 bits per heavy atom. The maximum atomic E-state index is 11.6. The van der Waals surface area contributed by atoms with Crippen LogP contribution in [0, 0.1) is 0 Å². The molecule has 0 spiro atoms. The Morgan fingerprint density at radius 3 is 2.12 bits per heavy atom. The fourth-order valence-corrected chi connectivity index (χ4v) is 2.70. The van der Waals surface area contributed by atoms with Crippen molar-refractivity contribution in [3.63, 3.8) is 0 Å². The van der Waals surface area contributed by atoms with Crippen molar-refractivity contribution in [1.82, 2.24) is 0 Å². The molecule has 0 bridgehead atoms. The predicted molar refractivity (Wildman–Crippen MR) is 68.3 cm³/mol. The highest BCUT2D eigenvalue weighted by Gasteiger charge is 2.11. The van der Waals surface area contributed by atoms with Crippen molar-refractivity contribution < 1.29 is 8.76 Å². The summed E-state index contributed by atoms with van der Waals surface area (Å²) in [6, 6.07) is 16.4. The first-order chi connectivity index (χ1) is 7.59. The van der Waals surface area contributed by atoms with Gasteiger partial charge in [0.1, 0.15) is 0 Å². The van der Waals surface area contributed by atoms with E-state index in [2.05, 4.69) is 11.2 Å². The third-order valence-electron chi connectivity index (χ3n) is 2.25. The van der Waals surface area contributed by atoms with Gasteiger partial charge < -0.3 is 4.55 Å². The molecule has 1 N–H and O–H groups in total. The van der Waals surface area contributed by atoms with Gasteiger partial charge in [-0.05, 0) is 11.6 Å². The van der Waals surface area contributed by atoms with Gasteiger partial charge in [0.2, 0.25) is 0 Å². The summed E-state index contributed by atoms with van der Waals surface area (Å²) in [7, 11) is -3.35. The molecule has 4 heteroatoms. The van der Waals surface area contributed by atoms with Crippen LogP contribution < -0.4 is 0 Å². The molecule has 82 valence electrons. The summed E-state index contributed by atoms with van der Waals surface area (Å²) in [5.41, 5.74) is 1.61. The molecule has 0 saturated heterocycles. The zero-order chi connectivity index (χ0) is 11.6. The molecule has 2 nitrogen and oxygen atoms in total. The van der Waals surface area contributed by atoms with Crippen LogP contribution in [0.25, 0.3) is 11.1 Å². The Labute approximate surface area is 99.4 Å². The lowest BCUT2D eigenvalue weighted by atomic mass is 10.1. The molecule has 0 aliphatic rings. The smallest absolute Gasteiger partial charge is 0.171 e. The maximum absolute atomic E-state index is 11.6. The van der Waals surface area contributed by atoms with E-state index < -0.39 is 8.77 Å². The highest BCUT2D eigenvalue weighted by molar-refractivity contribution is 8.29. The van der Waals surface area contributed by atoms with Crippen LogP contribution in [0.4, 0.5) is 0 Å². The molecule has 0 amide bonds. The van der Waals surface area contributed by atoms with E-state index in [1.807, 2.05) is 36.4 Å². The van der Waals surface area contributed by atoms with Crippen molar-refractivity contribution >= 4 is 20.0 Å². The third kappa shape index (κ3) is 2.29. The van der Waals surface area contributed by atoms with Gasteiger partial charge in [0.05, 0.1) is 4.90 Å². The minimum Gasteiger partial charge on any atom is -0.302 e. The van der Waals surface area contributed by atoms with Gasteiger partial charge in [-0.1, -0.05) is 48.5 Å². The number of hydrogen-bond acceptors (Lipinski definition) is 2. The largest absolute Gasteiger partial charge is 0.302 e. The zero-order valence-corrected chi connectivity index (χ0v) is 10.0. The molecule has 16 heavy (non-hydrogen) atoms. The van der Waals surface area contributed by atoms with Crippen LogP contribution in [0.5, 0.6) is 0 Å². The quantitative estimate of drug-likeness (QED) is 0.890. The SMILES string of the molecule is O=S(O)(=S)c1ccccc1-c1ccccc1. The van der Waals surface area contributed by atoms with Crippen LogP contribution in [0.1, 0.15) is 0 Å². The van der Waals surface area contributed by atoms with E-state index in [0.29, 0.717) is 10.5 Å². The number of hydrogen-bond donors (Lipinski definition) is 1. The number of benzene rings is 2. The van der Waals surface area contributed by atoms with Crippen molar-refractivity contribution in [2.75, 3.05) is 0 Å². The standard InChI is InChI=1S/C12H10O2S2/c13-16(14,15)12-9-5-4-8-11(12)10-6-2-1-3-7-10/h1-9H,(H,13,14,15). The Morgan fingerprint density at radius 2 is 1.50 bits per heavy atom. The minimum absolute atomic E-state index is 0.302. The second-order valence-electron chi connectivity index (χ2n) is 3.34. The molecule has 2 aromatic rings. The zero-order valence-electron chi connectivity index (χ0n) is 8.37. The van der Waals surface area contributed by atoms with E-state index in [4.69, 9.17) is 0 Å². The fraction of sp³-hybridized carbons (Fsp3) is 0. The van der Waals surface area contributed by atoms with E-state index in [0.717, 1.165) is 5.56 Å². The molecule has 1 atom stereocenters. The lowest BCUT2D eigenvalue weighted by molar-refractivity contribution is 0.562. The van der Waals surface area contributed by atoms with Gasteiger partial charge >= 0.3 is 0 Å². The summed E-state index contributed by atoms with van der Waals surface area (Å²) >= 11 is 4.62. The molecule has 0 aliphatic carbocycles. The Kier molecular flexibility index (Phi) is 3.05. The van der Waals surface area contributed by atoms with Gasteiger partial charge in [-0.25, -0.2) is 4.21 Å². The molecule has 1 unspecified atom stereocenters. The molecule has 2 rings (SSSR count). The lowest BCUT2D eigenvalue weighted by Gasteiger charge is -2.08. The Bertz CT molecular complexity index is 589. The summed E-state index contributed by atoms with van der Waals surface area (Å²) in [5.74, 6) is 0. The van der Waals surface area contributed by atoms with Crippen LogP contribution in [0.15, 0.2) is 59.5 Å². The summed E-state index contributed by atoms with van der Waals surface area (Å²) in [5, 5.41) is 0. The van der Waals surface area contributed by atoms with Gasteiger partial charge in [-0.3, -0.25) is 0 Å². The third-order valence-corrected chi connectivity index (χ3v) is 3.70. The highest BCUT2D eigenvalue weighted by Crippen LogP contribution is 2.26. The molecule has 0 aromatic heterocycles.